The van der Waals surface area contributed by atoms with Crippen molar-refractivity contribution in [1.29, 1.82) is 0 Å². The lowest BCUT2D eigenvalue weighted by atomic mass is 9.74. The third kappa shape index (κ3) is 5.32. The molecule has 2 aliphatic carbocycles. The van der Waals surface area contributed by atoms with Crippen molar-refractivity contribution in [1.82, 2.24) is 9.97 Å². The molecule has 286 valence electrons. The summed E-state index contributed by atoms with van der Waals surface area (Å²) in [6.07, 6.45) is 3.69. The largest absolute Gasteiger partial charge is 0.309 e. The molecule has 0 saturated carbocycles. The Morgan fingerprint density at radius 2 is 0.733 bits per heavy atom. The van der Waals surface area contributed by atoms with E-state index in [0.717, 1.165) is 60.7 Å². The Morgan fingerprint density at radius 1 is 0.367 bits per heavy atom. The Kier molecular flexibility index (Phi) is 8.34. The number of aromatic nitrogens is 2. The fraction of sp³-hybridized carbons (Fsp3) is 0.0714. The van der Waals surface area contributed by atoms with Gasteiger partial charge in [0.1, 0.15) is 0 Å². The molecule has 0 fully saturated rings. The molecular formula is C56H41N2OP. The number of rotatable bonds is 7. The van der Waals surface area contributed by atoms with E-state index in [-0.39, 0.29) is 0 Å². The molecule has 2 atom stereocenters. The SMILES string of the molecule is CC1(c2ccccc2)c2ccc(-c3ccccn3)cc2-c2cc(P(=O)(c3ccccc3)c3ccc4c(c3)-c3cc(-c5ccccn5)ccc3C4(C)c3ccccc3)ccc21. The highest BCUT2D eigenvalue weighted by Crippen LogP contribution is 2.57. The van der Waals surface area contributed by atoms with Crippen LogP contribution in [0.15, 0.2) is 213 Å². The van der Waals surface area contributed by atoms with Gasteiger partial charge in [0.25, 0.3) is 0 Å². The molecule has 7 aromatic carbocycles. The van der Waals surface area contributed by atoms with Crippen LogP contribution in [-0.4, -0.2) is 9.97 Å². The van der Waals surface area contributed by atoms with Crippen LogP contribution in [0.3, 0.4) is 0 Å². The fourth-order valence-corrected chi connectivity index (χ4v) is 12.8. The monoisotopic (exact) mass is 788 g/mol. The molecule has 2 unspecified atom stereocenters. The minimum atomic E-state index is -3.46. The fourth-order valence-electron chi connectivity index (χ4n) is 10.1. The molecular weight excluding hydrogens is 748 g/mol. The maximum atomic E-state index is 16.7. The predicted octanol–water partition coefficient (Wildman–Crippen LogP) is 12.1. The van der Waals surface area contributed by atoms with Crippen LogP contribution in [0, 0.1) is 0 Å². The van der Waals surface area contributed by atoms with E-state index in [1.165, 1.54) is 33.4 Å². The lowest BCUT2D eigenvalue weighted by Crippen LogP contribution is -2.27. The van der Waals surface area contributed by atoms with Crippen molar-refractivity contribution in [3.05, 3.63) is 246 Å². The highest BCUT2D eigenvalue weighted by Gasteiger charge is 2.44. The van der Waals surface area contributed by atoms with Gasteiger partial charge in [0.05, 0.1) is 11.4 Å². The van der Waals surface area contributed by atoms with Gasteiger partial charge in [0.15, 0.2) is 7.14 Å². The van der Waals surface area contributed by atoms with E-state index < -0.39 is 18.0 Å². The van der Waals surface area contributed by atoms with Crippen molar-refractivity contribution >= 4 is 23.1 Å². The summed E-state index contributed by atoms with van der Waals surface area (Å²) in [5.74, 6) is 0. The van der Waals surface area contributed by atoms with Crippen molar-refractivity contribution in [3.63, 3.8) is 0 Å². The van der Waals surface area contributed by atoms with Crippen LogP contribution >= 0.6 is 7.14 Å². The van der Waals surface area contributed by atoms with E-state index in [1.54, 1.807) is 0 Å². The standard InChI is InChI=1S/C56H41N2OP/c1-55(40-16-6-3-7-17-40)49-28-24-38(53-22-12-14-32-57-53)34-45(49)47-36-43(26-30-51(47)55)60(59,42-20-10-5-11-21-42)44-27-31-52-48(37-44)46-35-39(54-23-13-15-33-58-54)25-29-50(46)56(52,2)41-18-8-4-9-19-41/h3-37H,1-2H3. The molecule has 60 heavy (non-hydrogen) atoms. The highest BCUT2D eigenvalue weighted by atomic mass is 31.2. The second-order valence-electron chi connectivity index (χ2n) is 16.3. The lowest BCUT2D eigenvalue weighted by Gasteiger charge is -2.29. The lowest BCUT2D eigenvalue weighted by molar-refractivity contribution is 0.592. The van der Waals surface area contributed by atoms with Crippen LogP contribution in [0.4, 0.5) is 0 Å². The molecule has 0 bridgehead atoms. The first-order valence-corrected chi connectivity index (χ1v) is 22.3. The van der Waals surface area contributed by atoms with E-state index in [2.05, 4.69) is 159 Å². The van der Waals surface area contributed by atoms with Crippen LogP contribution in [0.5, 0.6) is 0 Å². The molecule has 0 saturated heterocycles. The van der Waals surface area contributed by atoms with Gasteiger partial charge in [-0.05, 0) is 118 Å². The summed E-state index contributed by atoms with van der Waals surface area (Å²) in [6, 6.07) is 70.3. The van der Waals surface area contributed by atoms with Gasteiger partial charge in [-0.1, -0.05) is 152 Å². The molecule has 2 aromatic heterocycles. The highest BCUT2D eigenvalue weighted by molar-refractivity contribution is 7.85. The quantitative estimate of drug-likeness (QED) is 0.151. The van der Waals surface area contributed by atoms with Gasteiger partial charge in [-0.25, -0.2) is 0 Å². The molecule has 2 heterocycles. The van der Waals surface area contributed by atoms with Gasteiger partial charge in [-0.2, -0.15) is 0 Å². The summed E-state index contributed by atoms with van der Waals surface area (Å²) in [7, 11) is -3.46. The van der Waals surface area contributed by atoms with Gasteiger partial charge in [0.2, 0.25) is 0 Å². The van der Waals surface area contributed by atoms with Gasteiger partial charge < -0.3 is 4.57 Å². The van der Waals surface area contributed by atoms with Crippen molar-refractivity contribution in [2.75, 3.05) is 0 Å². The predicted molar refractivity (Wildman–Crippen MR) is 247 cm³/mol. The minimum Gasteiger partial charge on any atom is -0.309 e. The molecule has 0 N–H and O–H groups in total. The zero-order valence-electron chi connectivity index (χ0n) is 33.5. The van der Waals surface area contributed by atoms with Crippen molar-refractivity contribution in [2.45, 2.75) is 24.7 Å². The normalized spacial score (nSPS) is 18.2. The van der Waals surface area contributed by atoms with E-state index in [1.807, 2.05) is 67.0 Å². The van der Waals surface area contributed by atoms with Gasteiger partial charge >= 0.3 is 0 Å². The average Bonchev–Trinajstić information content (AvgIpc) is 3.74. The number of fused-ring (bicyclic) bond motifs is 6. The van der Waals surface area contributed by atoms with Crippen molar-refractivity contribution in [2.24, 2.45) is 0 Å². The molecule has 0 spiro atoms. The van der Waals surface area contributed by atoms with Gasteiger partial charge in [-0.15, -0.1) is 0 Å². The Labute approximate surface area is 351 Å². The number of benzene rings is 7. The number of pyridine rings is 2. The summed E-state index contributed by atoms with van der Waals surface area (Å²) in [5.41, 5.74) is 14.9. The summed E-state index contributed by atoms with van der Waals surface area (Å²) in [4.78, 5) is 9.42. The first kappa shape index (κ1) is 36.2. The van der Waals surface area contributed by atoms with Crippen LogP contribution in [0.2, 0.25) is 0 Å². The maximum absolute atomic E-state index is 16.7. The van der Waals surface area contributed by atoms with Gasteiger partial charge in [0, 0.05) is 50.3 Å². The summed E-state index contributed by atoms with van der Waals surface area (Å²) >= 11 is 0. The summed E-state index contributed by atoms with van der Waals surface area (Å²) in [6.45, 7) is 4.65. The Balaban J connectivity index is 1.14. The molecule has 0 aliphatic heterocycles. The zero-order valence-corrected chi connectivity index (χ0v) is 34.4. The molecule has 3 nitrogen and oxygen atoms in total. The molecule has 0 radical (unpaired) electrons. The second kappa shape index (κ2) is 13.8. The molecule has 2 aliphatic rings. The first-order chi connectivity index (χ1) is 29.4. The third-order valence-corrected chi connectivity index (χ3v) is 16.3. The molecule has 0 amide bonds. The Morgan fingerprint density at radius 3 is 1.13 bits per heavy atom. The molecule has 4 heteroatoms. The van der Waals surface area contributed by atoms with E-state index in [4.69, 9.17) is 9.97 Å². The second-order valence-corrected chi connectivity index (χ2v) is 19.1. The van der Waals surface area contributed by atoms with Crippen LogP contribution in [0.25, 0.3) is 44.8 Å². The summed E-state index contributed by atoms with van der Waals surface area (Å²) in [5, 5.41) is 2.43. The van der Waals surface area contributed by atoms with Crippen molar-refractivity contribution < 1.29 is 4.57 Å². The minimum absolute atomic E-state index is 0.408. The number of nitrogens with zero attached hydrogens (tertiary/aromatic N) is 2. The smallest absolute Gasteiger partial charge is 0.171 e. The van der Waals surface area contributed by atoms with E-state index in [9.17, 15) is 0 Å². The Bertz CT molecular complexity index is 2940. The Hall–Kier alpha value is -6.93. The number of hydrogen-bond donors (Lipinski definition) is 0. The number of hydrogen-bond acceptors (Lipinski definition) is 3. The molecule has 9 aromatic rings. The first-order valence-electron chi connectivity index (χ1n) is 20.6. The van der Waals surface area contributed by atoms with Crippen molar-refractivity contribution in [3.8, 4) is 44.8 Å². The van der Waals surface area contributed by atoms with Crippen LogP contribution in [-0.2, 0) is 15.4 Å². The molecule has 11 rings (SSSR count). The topological polar surface area (TPSA) is 42.9 Å². The third-order valence-electron chi connectivity index (χ3n) is 13.3. The maximum Gasteiger partial charge on any atom is 0.171 e. The zero-order chi connectivity index (χ0) is 40.5. The summed E-state index contributed by atoms with van der Waals surface area (Å²) < 4.78 is 16.7. The van der Waals surface area contributed by atoms with E-state index >= 15 is 4.57 Å². The van der Waals surface area contributed by atoms with E-state index in [0.29, 0.717) is 0 Å². The van der Waals surface area contributed by atoms with Gasteiger partial charge in [-0.3, -0.25) is 9.97 Å². The van der Waals surface area contributed by atoms with Crippen LogP contribution in [0.1, 0.15) is 47.2 Å². The average molecular weight is 789 g/mol. The van der Waals surface area contributed by atoms with Crippen LogP contribution < -0.4 is 15.9 Å².